The van der Waals surface area contributed by atoms with Crippen molar-refractivity contribution in [1.29, 1.82) is 0 Å². The molecular formula is C9H8FNO2. The number of carbonyl (C=O) groups is 1. The van der Waals surface area contributed by atoms with Gasteiger partial charge in [-0.05, 0) is 12.1 Å². The number of hydrogen-bond donors (Lipinski definition) is 2. The number of aliphatic carboxylic acids is 1. The molecule has 0 saturated carbocycles. The molecule has 0 heterocycles. The maximum atomic E-state index is 12.9. The molecule has 68 valence electrons. The maximum Gasteiger partial charge on any atom is 0.351 e. The van der Waals surface area contributed by atoms with Gasteiger partial charge in [0.25, 0.3) is 0 Å². The van der Waals surface area contributed by atoms with Gasteiger partial charge in [-0.1, -0.05) is 18.2 Å². The van der Waals surface area contributed by atoms with Gasteiger partial charge in [-0.15, -0.1) is 0 Å². The van der Waals surface area contributed by atoms with E-state index < -0.39 is 11.8 Å². The summed E-state index contributed by atoms with van der Waals surface area (Å²) in [5.74, 6) is -1.75. The summed E-state index contributed by atoms with van der Waals surface area (Å²) in [6.07, 6.45) is 1.08. The zero-order valence-electron chi connectivity index (χ0n) is 6.70. The minimum Gasteiger partial charge on any atom is -0.477 e. The van der Waals surface area contributed by atoms with E-state index in [0.717, 1.165) is 6.08 Å². The highest BCUT2D eigenvalue weighted by atomic mass is 19.1. The largest absolute Gasteiger partial charge is 0.477 e. The topological polar surface area (TPSA) is 63.3 Å². The second-order valence-corrected chi connectivity index (χ2v) is 2.43. The van der Waals surface area contributed by atoms with E-state index in [-0.39, 0.29) is 11.3 Å². The monoisotopic (exact) mass is 181 g/mol. The van der Waals surface area contributed by atoms with Gasteiger partial charge < -0.3 is 10.8 Å². The molecule has 0 aliphatic heterocycles. The molecule has 0 saturated heterocycles. The number of rotatable bonds is 2. The fourth-order valence-electron chi connectivity index (χ4n) is 0.821. The van der Waals surface area contributed by atoms with Crippen molar-refractivity contribution in [2.24, 2.45) is 5.73 Å². The van der Waals surface area contributed by atoms with E-state index in [2.05, 4.69) is 0 Å². The molecule has 4 heteroatoms. The highest BCUT2D eigenvalue weighted by Crippen LogP contribution is 2.09. The van der Waals surface area contributed by atoms with Crippen molar-refractivity contribution in [2.75, 3.05) is 0 Å². The number of nitrogens with two attached hydrogens (primary N) is 1. The van der Waals surface area contributed by atoms with Crippen LogP contribution in [0, 0.1) is 5.82 Å². The van der Waals surface area contributed by atoms with Crippen LogP contribution in [0.3, 0.4) is 0 Å². The molecule has 0 bridgehead atoms. The van der Waals surface area contributed by atoms with E-state index in [1.165, 1.54) is 18.2 Å². The molecule has 1 rings (SSSR count). The lowest BCUT2D eigenvalue weighted by molar-refractivity contribution is -0.132. The van der Waals surface area contributed by atoms with E-state index >= 15 is 0 Å². The molecule has 0 radical (unpaired) electrons. The van der Waals surface area contributed by atoms with Crippen LogP contribution in [0.25, 0.3) is 6.08 Å². The van der Waals surface area contributed by atoms with Crippen LogP contribution in [-0.2, 0) is 4.79 Å². The Morgan fingerprint density at radius 1 is 1.46 bits per heavy atom. The predicted molar refractivity (Wildman–Crippen MR) is 46.2 cm³/mol. The Hall–Kier alpha value is -1.84. The number of hydrogen-bond acceptors (Lipinski definition) is 2. The van der Waals surface area contributed by atoms with E-state index in [1.807, 2.05) is 0 Å². The Morgan fingerprint density at radius 2 is 2.08 bits per heavy atom. The summed E-state index contributed by atoms with van der Waals surface area (Å²) in [5.41, 5.74) is 4.90. The predicted octanol–water partition coefficient (Wildman–Crippen LogP) is 1.21. The van der Waals surface area contributed by atoms with Gasteiger partial charge in [0.2, 0.25) is 0 Å². The molecule has 0 unspecified atom stereocenters. The zero-order valence-corrected chi connectivity index (χ0v) is 6.70. The Morgan fingerprint density at radius 3 is 2.62 bits per heavy atom. The lowest BCUT2D eigenvalue weighted by Crippen LogP contribution is -2.09. The van der Waals surface area contributed by atoms with E-state index in [1.54, 1.807) is 6.07 Å². The van der Waals surface area contributed by atoms with E-state index in [0.29, 0.717) is 0 Å². The molecule has 1 aromatic carbocycles. The van der Waals surface area contributed by atoms with Gasteiger partial charge in [0, 0.05) is 5.56 Å². The first kappa shape index (κ1) is 9.25. The first-order chi connectivity index (χ1) is 6.11. The zero-order chi connectivity index (χ0) is 9.84. The quantitative estimate of drug-likeness (QED) is 0.674. The molecule has 0 aliphatic carbocycles. The van der Waals surface area contributed by atoms with Crippen LogP contribution in [-0.4, -0.2) is 11.1 Å². The third-order valence-corrected chi connectivity index (χ3v) is 1.46. The summed E-state index contributed by atoms with van der Waals surface area (Å²) >= 11 is 0. The Labute approximate surface area is 74.3 Å². The third-order valence-electron chi connectivity index (χ3n) is 1.46. The summed E-state index contributed by atoms with van der Waals surface area (Å²) in [4.78, 5) is 10.3. The highest BCUT2D eigenvalue weighted by molar-refractivity contribution is 5.90. The molecule has 3 nitrogen and oxygen atoms in total. The van der Waals surface area contributed by atoms with Crippen molar-refractivity contribution in [1.82, 2.24) is 0 Å². The van der Waals surface area contributed by atoms with Crippen LogP contribution in [0.4, 0.5) is 4.39 Å². The van der Waals surface area contributed by atoms with Gasteiger partial charge in [0.05, 0.1) is 0 Å². The fourth-order valence-corrected chi connectivity index (χ4v) is 0.821. The average molecular weight is 181 g/mol. The lowest BCUT2D eigenvalue weighted by atomic mass is 10.2. The molecule has 3 N–H and O–H groups in total. The molecule has 0 spiro atoms. The van der Waals surface area contributed by atoms with Crippen molar-refractivity contribution < 1.29 is 14.3 Å². The smallest absolute Gasteiger partial charge is 0.351 e. The molecule has 0 fully saturated rings. The SMILES string of the molecule is N/C(=C/c1ccccc1F)C(=O)O. The molecule has 13 heavy (non-hydrogen) atoms. The molecule has 0 aromatic heterocycles. The summed E-state index contributed by atoms with van der Waals surface area (Å²) < 4.78 is 12.9. The van der Waals surface area contributed by atoms with Crippen molar-refractivity contribution >= 4 is 12.0 Å². The summed E-state index contributed by atoms with van der Waals surface area (Å²) in [6, 6.07) is 5.81. The first-order valence-electron chi connectivity index (χ1n) is 3.56. The van der Waals surface area contributed by atoms with Crippen LogP contribution in [0.5, 0.6) is 0 Å². The van der Waals surface area contributed by atoms with Gasteiger partial charge in [-0.2, -0.15) is 0 Å². The standard InChI is InChI=1S/C9H8FNO2/c10-7-4-2-1-3-6(7)5-8(11)9(12)13/h1-5H,11H2,(H,12,13)/b8-5+. The third kappa shape index (κ3) is 2.30. The number of halogens is 1. The van der Waals surface area contributed by atoms with E-state index in [9.17, 15) is 9.18 Å². The lowest BCUT2D eigenvalue weighted by Gasteiger charge is -1.96. The number of carboxylic acids is 1. The van der Waals surface area contributed by atoms with Crippen LogP contribution in [0.1, 0.15) is 5.56 Å². The fraction of sp³-hybridized carbons (Fsp3) is 0. The summed E-state index contributed by atoms with van der Waals surface area (Å²) in [7, 11) is 0. The minimum atomic E-state index is -1.26. The van der Waals surface area contributed by atoms with Gasteiger partial charge in [-0.25, -0.2) is 9.18 Å². The molecule has 0 aliphatic rings. The van der Waals surface area contributed by atoms with Crippen LogP contribution in [0.2, 0.25) is 0 Å². The molecule has 1 aromatic rings. The second-order valence-electron chi connectivity index (χ2n) is 2.43. The molecular weight excluding hydrogens is 173 g/mol. The van der Waals surface area contributed by atoms with Crippen molar-refractivity contribution in [2.45, 2.75) is 0 Å². The average Bonchev–Trinajstić information content (AvgIpc) is 2.08. The van der Waals surface area contributed by atoms with Crippen LogP contribution < -0.4 is 5.73 Å². The second kappa shape index (κ2) is 3.71. The van der Waals surface area contributed by atoms with Crippen molar-refractivity contribution in [3.8, 4) is 0 Å². The highest BCUT2D eigenvalue weighted by Gasteiger charge is 2.03. The van der Waals surface area contributed by atoms with Gasteiger partial charge >= 0.3 is 5.97 Å². The Kier molecular flexibility index (Phi) is 2.64. The van der Waals surface area contributed by atoms with E-state index in [4.69, 9.17) is 10.8 Å². The summed E-state index contributed by atoms with van der Waals surface area (Å²) in [5, 5.41) is 8.42. The Bertz CT molecular complexity index is 360. The summed E-state index contributed by atoms with van der Waals surface area (Å²) in [6.45, 7) is 0. The maximum absolute atomic E-state index is 12.9. The number of carboxylic acid groups (broad SMARTS) is 1. The number of benzene rings is 1. The normalized spacial score (nSPS) is 11.3. The van der Waals surface area contributed by atoms with Gasteiger partial charge in [0.1, 0.15) is 11.5 Å². The first-order valence-corrected chi connectivity index (χ1v) is 3.56. The molecule has 0 atom stereocenters. The van der Waals surface area contributed by atoms with Crippen molar-refractivity contribution in [3.63, 3.8) is 0 Å². The Balaban J connectivity index is 3.04. The minimum absolute atomic E-state index is 0.169. The van der Waals surface area contributed by atoms with Crippen LogP contribution in [0.15, 0.2) is 30.0 Å². The van der Waals surface area contributed by atoms with Gasteiger partial charge in [-0.3, -0.25) is 0 Å². The molecule has 0 amide bonds. The van der Waals surface area contributed by atoms with Crippen LogP contribution >= 0.6 is 0 Å². The van der Waals surface area contributed by atoms with Gasteiger partial charge in [0.15, 0.2) is 0 Å². The van der Waals surface area contributed by atoms with Crippen molar-refractivity contribution in [3.05, 3.63) is 41.3 Å².